The van der Waals surface area contributed by atoms with Gasteiger partial charge in [0.05, 0.1) is 5.56 Å². The number of H-pyrrole nitrogens is 1. The fourth-order valence-electron chi connectivity index (χ4n) is 3.80. The van der Waals surface area contributed by atoms with E-state index in [-0.39, 0.29) is 16.5 Å². The SMILES string of the molecule is O=C(c1c[nH]c(=O)c(Cl)c1)N1CCC[C@H]1C1CCCCC1. The third-order valence-electron chi connectivity index (χ3n) is 4.86. The van der Waals surface area contributed by atoms with E-state index in [1.807, 2.05) is 4.90 Å². The van der Waals surface area contributed by atoms with Crippen LogP contribution in [-0.2, 0) is 0 Å². The second-order valence-electron chi connectivity index (χ2n) is 6.17. The molecule has 1 saturated carbocycles. The Hall–Kier alpha value is -1.29. The van der Waals surface area contributed by atoms with Gasteiger partial charge in [-0.1, -0.05) is 30.9 Å². The Labute approximate surface area is 129 Å². The summed E-state index contributed by atoms with van der Waals surface area (Å²) in [5.41, 5.74) is 0.140. The Kier molecular flexibility index (Phi) is 4.34. The van der Waals surface area contributed by atoms with Crippen LogP contribution < -0.4 is 5.56 Å². The van der Waals surface area contributed by atoms with Gasteiger partial charge < -0.3 is 9.88 Å². The lowest BCUT2D eigenvalue weighted by molar-refractivity contribution is 0.0661. The van der Waals surface area contributed by atoms with Crippen LogP contribution in [-0.4, -0.2) is 28.4 Å². The molecule has 1 aromatic rings. The zero-order valence-corrected chi connectivity index (χ0v) is 12.9. The molecular formula is C16H21ClN2O2. The van der Waals surface area contributed by atoms with Gasteiger partial charge in [-0.2, -0.15) is 0 Å². The lowest BCUT2D eigenvalue weighted by Gasteiger charge is -2.34. The summed E-state index contributed by atoms with van der Waals surface area (Å²) in [6.07, 6.45) is 10.0. The summed E-state index contributed by atoms with van der Waals surface area (Å²) in [5.74, 6) is 0.643. The van der Waals surface area contributed by atoms with Gasteiger partial charge in [0.15, 0.2) is 0 Å². The number of aromatic amines is 1. The van der Waals surface area contributed by atoms with Gasteiger partial charge in [0.2, 0.25) is 0 Å². The number of aromatic nitrogens is 1. The van der Waals surface area contributed by atoms with Crippen molar-refractivity contribution in [1.29, 1.82) is 0 Å². The molecule has 0 unspecified atom stereocenters. The van der Waals surface area contributed by atoms with Gasteiger partial charge in [-0.05, 0) is 37.7 Å². The molecule has 1 aliphatic heterocycles. The van der Waals surface area contributed by atoms with E-state index in [1.54, 1.807) is 0 Å². The van der Waals surface area contributed by atoms with Crippen LogP contribution in [0.25, 0.3) is 0 Å². The predicted octanol–water partition coefficient (Wildman–Crippen LogP) is 3.21. The number of likely N-dealkylation sites (tertiary alicyclic amines) is 1. The average Bonchev–Trinajstić information content (AvgIpc) is 2.99. The topological polar surface area (TPSA) is 53.2 Å². The summed E-state index contributed by atoms with van der Waals surface area (Å²) >= 11 is 5.84. The standard InChI is InChI=1S/C16H21ClN2O2/c17-13-9-12(10-18-15(13)20)16(21)19-8-4-7-14(19)11-5-2-1-3-6-11/h9-11,14H,1-8H2,(H,18,20)/t14-/m0/s1. The molecule has 4 nitrogen and oxygen atoms in total. The highest BCUT2D eigenvalue weighted by Gasteiger charge is 2.35. The highest BCUT2D eigenvalue weighted by atomic mass is 35.5. The van der Waals surface area contributed by atoms with Crippen LogP contribution in [0.2, 0.25) is 5.02 Å². The third-order valence-corrected chi connectivity index (χ3v) is 5.14. The summed E-state index contributed by atoms with van der Waals surface area (Å²) in [7, 11) is 0. The maximum Gasteiger partial charge on any atom is 0.266 e. The molecule has 21 heavy (non-hydrogen) atoms. The Balaban J connectivity index is 1.78. The summed E-state index contributed by atoms with van der Waals surface area (Å²) in [6, 6.07) is 1.85. The number of pyridine rings is 1. The van der Waals surface area contributed by atoms with Gasteiger partial charge in [0, 0.05) is 18.8 Å². The monoisotopic (exact) mass is 308 g/mol. The van der Waals surface area contributed by atoms with Crippen LogP contribution >= 0.6 is 11.6 Å². The van der Waals surface area contributed by atoms with Crippen molar-refractivity contribution in [3.8, 4) is 0 Å². The Bertz CT molecular complexity index is 578. The van der Waals surface area contributed by atoms with E-state index in [2.05, 4.69) is 4.98 Å². The minimum Gasteiger partial charge on any atom is -0.335 e. The molecule has 0 aromatic carbocycles. The van der Waals surface area contributed by atoms with Crippen LogP contribution in [0.3, 0.4) is 0 Å². The first-order chi connectivity index (χ1) is 10.2. The summed E-state index contributed by atoms with van der Waals surface area (Å²) in [6.45, 7) is 0.816. The molecule has 2 fully saturated rings. The number of rotatable bonds is 2. The van der Waals surface area contributed by atoms with Crippen molar-refractivity contribution >= 4 is 17.5 Å². The zero-order chi connectivity index (χ0) is 14.8. The fourth-order valence-corrected chi connectivity index (χ4v) is 3.97. The molecule has 0 radical (unpaired) electrons. The number of nitrogens with zero attached hydrogens (tertiary/aromatic N) is 1. The van der Waals surface area contributed by atoms with E-state index in [9.17, 15) is 9.59 Å². The highest BCUT2D eigenvalue weighted by molar-refractivity contribution is 6.30. The normalized spacial score (nSPS) is 23.5. The van der Waals surface area contributed by atoms with Crippen LogP contribution in [0.5, 0.6) is 0 Å². The van der Waals surface area contributed by atoms with E-state index in [0.29, 0.717) is 17.5 Å². The van der Waals surface area contributed by atoms with E-state index >= 15 is 0 Å². The highest BCUT2D eigenvalue weighted by Crippen LogP contribution is 2.34. The molecule has 2 heterocycles. The van der Waals surface area contributed by atoms with Crippen molar-refractivity contribution < 1.29 is 4.79 Å². The predicted molar refractivity (Wildman–Crippen MR) is 82.7 cm³/mol. The number of carbonyl (C=O) groups excluding carboxylic acids is 1. The van der Waals surface area contributed by atoms with Gasteiger partial charge >= 0.3 is 0 Å². The van der Waals surface area contributed by atoms with Crippen molar-refractivity contribution in [2.45, 2.75) is 51.0 Å². The molecule has 2 aliphatic rings. The number of amides is 1. The van der Waals surface area contributed by atoms with E-state index in [4.69, 9.17) is 11.6 Å². The molecule has 5 heteroatoms. The molecule has 1 aliphatic carbocycles. The quantitative estimate of drug-likeness (QED) is 0.912. The van der Waals surface area contributed by atoms with Gasteiger partial charge in [0.1, 0.15) is 5.02 Å². The maximum absolute atomic E-state index is 12.7. The molecule has 0 bridgehead atoms. The number of carbonyl (C=O) groups is 1. The minimum atomic E-state index is -0.349. The lowest BCUT2D eigenvalue weighted by atomic mass is 9.83. The fraction of sp³-hybridized carbons (Fsp3) is 0.625. The van der Waals surface area contributed by atoms with Crippen LogP contribution in [0.15, 0.2) is 17.1 Å². The average molecular weight is 309 g/mol. The Morgan fingerprint density at radius 3 is 2.67 bits per heavy atom. The van der Waals surface area contributed by atoms with Gasteiger partial charge in [0.25, 0.3) is 11.5 Å². The molecule has 1 aromatic heterocycles. The number of hydrogen-bond donors (Lipinski definition) is 1. The molecule has 114 valence electrons. The largest absolute Gasteiger partial charge is 0.335 e. The first-order valence-corrected chi connectivity index (χ1v) is 8.24. The van der Waals surface area contributed by atoms with Gasteiger partial charge in [-0.15, -0.1) is 0 Å². The molecule has 1 saturated heterocycles. The second kappa shape index (κ2) is 6.22. The maximum atomic E-state index is 12.7. The van der Waals surface area contributed by atoms with E-state index in [1.165, 1.54) is 44.4 Å². The van der Waals surface area contributed by atoms with Crippen molar-refractivity contribution in [1.82, 2.24) is 9.88 Å². The molecule has 1 N–H and O–H groups in total. The van der Waals surface area contributed by atoms with Gasteiger partial charge in [-0.3, -0.25) is 9.59 Å². The van der Waals surface area contributed by atoms with Gasteiger partial charge in [-0.25, -0.2) is 0 Å². The molecule has 1 amide bonds. The summed E-state index contributed by atoms with van der Waals surface area (Å²) < 4.78 is 0. The van der Waals surface area contributed by atoms with Crippen LogP contribution in [0.1, 0.15) is 55.3 Å². The summed E-state index contributed by atoms with van der Waals surface area (Å²) in [4.78, 5) is 28.6. The third kappa shape index (κ3) is 3.00. The lowest BCUT2D eigenvalue weighted by Crippen LogP contribution is -2.41. The number of nitrogens with one attached hydrogen (secondary N) is 1. The van der Waals surface area contributed by atoms with Crippen molar-refractivity contribution in [3.63, 3.8) is 0 Å². The van der Waals surface area contributed by atoms with E-state index in [0.717, 1.165) is 19.4 Å². The molecule has 1 atom stereocenters. The van der Waals surface area contributed by atoms with Crippen molar-refractivity contribution in [3.05, 3.63) is 33.2 Å². The van der Waals surface area contributed by atoms with Crippen molar-refractivity contribution in [2.24, 2.45) is 5.92 Å². The Morgan fingerprint density at radius 1 is 1.19 bits per heavy atom. The molecule has 3 rings (SSSR count). The first-order valence-electron chi connectivity index (χ1n) is 7.86. The van der Waals surface area contributed by atoms with Crippen LogP contribution in [0.4, 0.5) is 0 Å². The number of hydrogen-bond acceptors (Lipinski definition) is 2. The van der Waals surface area contributed by atoms with Crippen molar-refractivity contribution in [2.75, 3.05) is 6.54 Å². The minimum absolute atomic E-state index is 0.00113. The second-order valence-corrected chi connectivity index (χ2v) is 6.58. The smallest absolute Gasteiger partial charge is 0.266 e. The number of halogens is 1. The summed E-state index contributed by atoms with van der Waals surface area (Å²) in [5, 5.41) is 0.0780. The molecular weight excluding hydrogens is 288 g/mol. The van der Waals surface area contributed by atoms with Crippen LogP contribution in [0, 0.1) is 5.92 Å². The Morgan fingerprint density at radius 2 is 1.95 bits per heavy atom. The zero-order valence-electron chi connectivity index (χ0n) is 12.1. The molecule has 0 spiro atoms. The van der Waals surface area contributed by atoms with E-state index < -0.39 is 0 Å². The first kappa shape index (κ1) is 14.6.